The number of halogens is 1. The lowest BCUT2D eigenvalue weighted by molar-refractivity contribution is 0.552. The second-order valence-electron chi connectivity index (χ2n) is 3.02. The molecule has 1 N–H and O–H groups in total. The van der Waals surface area contributed by atoms with Crippen molar-refractivity contribution in [3.8, 4) is 11.5 Å². The van der Waals surface area contributed by atoms with Gasteiger partial charge in [-0.25, -0.2) is 14.6 Å². The van der Waals surface area contributed by atoms with Gasteiger partial charge in [-0.15, -0.1) is 5.10 Å². The van der Waals surface area contributed by atoms with Gasteiger partial charge in [0.25, 0.3) is 4.84 Å². The number of fused-ring (bicyclic) bond motifs is 1. The first-order valence-corrected chi connectivity index (χ1v) is 5.08. The Labute approximate surface area is 98.9 Å². The van der Waals surface area contributed by atoms with Crippen LogP contribution in [0.3, 0.4) is 0 Å². The summed E-state index contributed by atoms with van der Waals surface area (Å²) < 4.78 is 6.69. The highest BCUT2D eigenvalue weighted by molar-refractivity contribution is 7.71. The zero-order valence-electron chi connectivity index (χ0n) is 7.72. The first-order valence-electron chi connectivity index (χ1n) is 4.29. The van der Waals surface area contributed by atoms with Crippen molar-refractivity contribution in [3.63, 3.8) is 0 Å². The Balaban J connectivity index is 2.28. The Bertz CT molecular complexity index is 714. The second kappa shape index (κ2) is 3.39. The van der Waals surface area contributed by atoms with E-state index in [0.717, 1.165) is 0 Å². The first-order chi connectivity index (χ1) is 7.74. The van der Waals surface area contributed by atoms with E-state index in [1.165, 1.54) is 10.8 Å². The molecule has 16 heavy (non-hydrogen) atoms. The topological polar surface area (TPSA) is 72.0 Å². The Morgan fingerprint density at radius 2 is 2.31 bits per heavy atom. The number of aromatic nitrogens is 5. The van der Waals surface area contributed by atoms with Crippen molar-refractivity contribution in [2.45, 2.75) is 0 Å². The Morgan fingerprint density at radius 1 is 1.44 bits per heavy atom. The van der Waals surface area contributed by atoms with Gasteiger partial charge in [-0.3, -0.25) is 0 Å². The lowest BCUT2D eigenvalue weighted by Crippen LogP contribution is -1.90. The summed E-state index contributed by atoms with van der Waals surface area (Å²) in [6.07, 6.45) is 1.42. The molecule has 0 aliphatic heterocycles. The highest BCUT2D eigenvalue weighted by Gasteiger charge is 2.09. The molecule has 0 saturated carbocycles. The molecule has 0 amide bonds. The average Bonchev–Trinajstić information content (AvgIpc) is 2.85. The zero-order chi connectivity index (χ0) is 11.1. The third-order valence-electron chi connectivity index (χ3n) is 2.02. The standard InChI is InChI=1S/C8H4ClN5OS/c9-5-1-4(7-12-13-8(16)15-7)2-6-10-3-11-14(5)6/h1-3H,(H,13,16). The van der Waals surface area contributed by atoms with Gasteiger partial charge in [0.1, 0.15) is 11.5 Å². The van der Waals surface area contributed by atoms with Gasteiger partial charge in [-0.1, -0.05) is 11.6 Å². The van der Waals surface area contributed by atoms with Gasteiger partial charge < -0.3 is 4.42 Å². The summed E-state index contributed by atoms with van der Waals surface area (Å²) in [7, 11) is 0. The number of pyridine rings is 1. The van der Waals surface area contributed by atoms with Gasteiger partial charge in [0.2, 0.25) is 5.89 Å². The van der Waals surface area contributed by atoms with Gasteiger partial charge >= 0.3 is 0 Å². The monoisotopic (exact) mass is 253 g/mol. The zero-order valence-corrected chi connectivity index (χ0v) is 9.29. The maximum atomic E-state index is 6.02. The van der Waals surface area contributed by atoms with Crippen LogP contribution in [0.2, 0.25) is 5.15 Å². The predicted molar refractivity (Wildman–Crippen MR) is 58.7 cm³/mol. The van der Waals surface area contributed by atoms with Crippen molar-refractivity contribution in [3.05, 3.63) is 28.5 Å². The molecule has 0 aliphatic rings. The highest BCUT2D eigenvalue weighted by Crippen LogP contribution is 2.22. The molecule has 0 radical (unpaired) electrons. The summed E-state index contributed by atoms with van der Waals surface area (Å²) in [6.45, 7) is 0. The van der Waals surface area contributed by atoms with Crippen LogP contribution >= 0.6 is 23.8 Å². The first kappa shape index (κ1) is 9.49. The molecular formula is C8H4ClN5OS. The van der Waals surface area contributed by atoms with Gasteiger partial charge in [-0.2, -0.15) is 5.10 Å². The van der Waals surface area contributed by atoms with E-state index in [1.807, 2.05) is 0 Å². The fraction of sp³-hybridized carbons (Fsp3) is 0. The Morgan fingerprint density at radius 3 is 3.06 bits per heavy atom. The molecule has 3 aromatic rings. The maximum absolute atomic E-state index is 6.02. The van der Waals surface area contributed by atoms with Gasteiger partial charge in [0.15, 0.2) is 5.65 Å². The summed E-state index contributed by atoms with van der Waals surface area (Å²) in [6, 6.07) is 3.44. The van der Waals surface area contributed by atoms with Crippen LogP contribution in [0.15, 0.2) is 22.9 Å². The molecular weight excluding hydrogens is 250 g/mol. The van der Waals surface area contributed by atoms with Crippen LogP contribution in [0.1, 0.15) is 0 Å². The van der Waals surface area contributed by atoms with Gasteiger partial charge in [0, 0.05) is 5.56 Å². The number of aromatic amines is 1. The van der Waals surface area contributed by atoms with Crippen LogP contribution in [0.4, 0.5) is 0 Å². The highest BCUT2D eigenvalue weighted by atomic mass is 35.5. The molecule has 8 heteroatoms. The number of nitrogens with one attached hydrogen (secondary N) is 1. The molecule has 3 rings (SSSR count). The summed E-state index contributed by atoms with van der Waals surface area (Å²) >= 11 is 10.8. The molecule has 0 atom stereocenters. The smallest absolute Gasteiger partial charge is 0.284 e. The maximum Gasteiger partial charge on any atom is 0.284 e. The van der Waals surface area contributed by atoms with E-state index in [4.69, 9.17) is 28.2 Å². The minimum Gasteiger partial charge on any atom is -0.409 e. The van der Waals surface area contributed by atoms with Crippen molar-refractivity contribution in [1.82, 2.24) is 24.8 Å². The molecule has 0 fully saturated rings. The molecule has 0 aliphatic carbocycles. The summed E-state index contributed by atoms with van der Waals surface area (Å²) in [5.41, 5.74) is 1.31. The molecule has 0 spiro atoms. The normalized spacial score (nSPS) is 11.1. The van der Waals surface area contributed by atoms with E-state index < -0.39 is 0 Å². The van der Waals surface area contributed by atoms with Crippen molar-refractivity contribution in [2.75, 3.05) is 0 Å². The number of nitrogens with zero attached hydrogens (tertiary/aromatic N) is 4. The minimum atomic E-state index is 0.215. The predicted octanol–water partition coefficient (Wildman–Crippen LogP) is 2.10. The van der Waals surface area contributed by atoms with Crippen LogP contribution in [-0.4, -0.2) is 24.8 Å². The quantitative estimate of drug-likeness (QED) is 0.531. The molecule has 0 aromatic carbocycles. The Kier molecular flexibility index (Phi) is 2.01. The molecule has 0 unspecified atom stereocenters. The Hall–Kier alpha value is -1.73. The molecule has 6 nitrogen and oxygen atoms in total. The number of H-pyrrole nitrogens is 1. The summed E-state index contributed by atoms with van der Waals surface area (Å²) in [4.78, 5) is 4.25. The van der Waals surface area contributed by atoms with Crippen LogP contribution < -0.4 is 0 Å². The second-order valence-corrected chi connectivity index (χ2v) is 3.77. The largest absolute Gasteiger partial charge is 0.409 e. The van der Waals surface area contributed by atoms with E-state index in [9.17, 15) is 0 Å². The van der Waals surface area contributed by atoms with Gasteiger partial charge in [0.05, 0.1) is 0 Å². The minimum absolute atomic E-state index is 0.215. The van der Waals surface area contributed by atoms with E-state index in [2.05, 4.69) is 20.3 Å². The molecule has 3 aromatic heterocycles. The number of hydrogen-bond donors (Lipinski definition) is 1. The van der Waals surface area contributed by atoms with Crippen molar-refractivity contribution in [2.24, 2.45) is 0 Å². The lowest BCUT2D eigenvalue weighted by atomic mass is 10.2. The molecule has 3 heterocycles. The van der Waals surface area contributed by atoms with Crippen LogP contribution in [0, 0.1) is 4.84 Å². The van der Waals surface area contributed by atoms with E-state index in [-0.39, 0.29) is 4.84 Å². The summed E-state index contributed by atoms with van der Waals surface area (Å²) in [5.74, 6) is 0.373. The van der Waals surface area contributed by atoms with Gasteiger partial charge in [-0.05, 0) is 24.4 Å². The van der Waals surface area contributed by atoms with Crippen LogP contribution in [0.25, 0.3) is 17.1 Å². The lowest BCUT2D eigenvalue weighted by Gasteiger charge is -1.98. The molecule has 80 valence electrons. The summed E-state index contributed by atoms with van der Waals surface area (Å²) in [5, 5.41) is 10.8. The number of hydrogen-bond acceptors (Lipinski definition) is 5. The van der Waals surface area contributed by atoms with Crippen LogP contribution in [-0.2, 0) is 0 Å². The van der Waals surface area contributed by atoms with E-state index >= 15 is 0 Å². The molecule has 0 bridgehead atoms. The van der Waals surface area contributed by atoms with Crippen molar-refractivity contribution >= 4 is 29.5 Å². The average molecular weight is 254 g/mol. The fourth-order valence-electron chi connectivity index (χ4n) is 1.36. The molecule has 0 saturated heterocycles. The van der Waals surface area contributed by atoms with Crippen molar-refractivity contribution < 1.29 is 4.42 Å². The van der Waals surface area contributed by atoms with Crippen LogP contribution in [0.5, 0.6) is 0 Å². The van der Waals surface area contributed by atoms with E-state index in [0.29, 0.717) is 22.3 Å². The third-order valence-corrected chi connectivity index (χ3v) is 2.46. The fourth-order valence-corrected chi connectivity index (χ4v) is 1.73. The third kappa shape index (κ3) is 1.41. The van der Waals surface area contributed by atoms with Crippen molar-refractivity contribution in [1.29, 1.82) is 0 Å². The van der Waals surface area contributed by atoms with E-state index in [1.54, 1.807) is 12.1 Å². The number of rotatable bonds is 1. The SMILES string of the molecule is S=c1[nH]nc(-c2cc(Cl)n3ncnc3c2)o1.